The molecule has 0 aliphatic heterocycles. The van der Waals surface area contributed by atoms with Crippen LogP contribution >= 0.6 is 0 Å². The van der Waals surface area contributed by atoms with E-state index in [9.17, 15) is 31.7 Å². The SMILES string of the molecule is Nc1ccc(S(=O)(=O)C(F)(F)F)c([N+](=O)[O-])c1. The summed E-state index contributed by atoms with van der Waals surface area (Å²) in [4.78, 5) is 7.80. The Hall–Kier alpha value is -1.84. The molecule has 0 aliphatic rings. The Morgan fingerprint density at radius 2 is 1.82 bits per heavy atom. The number of nitrogen functional groups attached to an aromatic ring is 1. The van der Waals surface area contributed by atoms with Gasteiger partial charge in [0.2, 0.25) is 0 Å². The third kappa shape index (κ3) is 2.30. The predicted octanol–water partition coefficient (Wildman–Crippen LogP) is 1.47. The molecule has 0 heterocycles. The number of hydrogen-bond donors (Lipinski definition) is 1. The van der Waals surface area contributed by atoms with E-state index in [4.69, 9.17) is 5.73 Å². The first kappa shape index (κ1) is 13.2. The van der Waals surface area contributed by atoms with E-state index >= 15 is 0 Å². The van der Waals surface area contributed by atoms with E-state index in [2.05, 4.69) is 0 Å². The molecule has 0 amide bonds. The van der Waals surface area contributed by atoms with Gasteiger partial charge in [-0.15, -0.1) is 0 Å². The number of nitro groups is 1. The highest BCUT2D eigenvalue weighted by Crippen LogP contribution is 2.35. The second-order valence-electron chi connectivity index (χ2n) is 2.93. The fourth-order valence-corrected chi connectivity index (χ4v) is 1.93. The highest BCUT2D eigenvalue weighted by molar-refractivity contribution is 7.92. The van der Waals surface area contributed by atoms with E-state index < -0.39 is 30.9 Å². The molecular weight excluding hydrogens is 265 g/mol. The molecular formula is C7H5F3N2O4S. The lowest BCUT2D eigenvalue weighted by Crippen LogP contribution is -2.24. The zero-order chi connectivity index (χ0) is 13.4. The summed E-state index contributed by atoms with van der Waals surface area (Å²) < 4.78 is 58.7. The van der Waals surface area contributed by atoms with Crippen LogP contribution in [0.1, 0.15) is 0 Å². The van der Waals surface area contributed by atoms with E-state index in [-0.39, 0.29) is 5.69 Å². The Morgan fingerprint density at radius 3 is 2.24 bits per heavy atom. The topological polar surface area (TPSA) is 103 Å². The maximum Gasteiger partial charge on any atom is 0.502 e. The number of nitrogens with zero attached hydrogens (tertiary/aromatic N) is 1. The molecule has 6 nitrogen and oxygen atoms in total. The molecule has 0 saturated heterocycles. The minimum atomic E-state index is -5.77. The van der Waals surface area contributed by atoms with Crippen LogP contribution in [-0.4, -0.2) is 18.8 Å². The third-order valence-corrected chi connectivity index (χ3v) is 3.31. The van der Waals surface area contributed by atoms with Gasteiger partial charge >= 0.3 is 5.51 Å². The summed E-state index contributed by atoms with van der Waals surface area (Å²) in [6.07, 6.45) is 0. The second-order valence-corrected chi connectivity index (χ2v) is 4.84. The molecule has 0 bridgehead atoms. The first-order valence-corrected chi connectivity index (χ1v) is 5.41. The first-order valence-electron chi connectivity index (χ1n) is 3.92. The van der Waals surface area contributed by atoms with Gasteiger partial charge in [-0.05, 0) is 12.1 Å². The Morgan fingerprint density at radius 1 is 1.29 bits per heavy atom. The van der Waals surface area contributed by atoms with Crippen LogP contribution in [0.25, 0.3) is 0 Å². The van der Waals surface area contributed by atoms with Gasteiger partial charge in [-0.1, -0.05) is 0 Å². The van der Waals surface area contributed by atoms with E-state index in [0.717, 1.165) is 6.07 Å². The van der Waals surface area contributed by atoms with Crippen molar-refractivity contribution in [1.29, 1.82) is 0 Å². The van der Waals surface area contributed by atoms with Crippen LogP contribution in [0.4, 0.5) is 24.5 Å². The van der Waals surface area contributed by atoms with Crippen molar-refractivity contribution in [2.45, 2.75) is 10.4 Å². The largest absolute Gasteiger partial charge is 0.502 e. The number of rotatable bonds is 2. The van der Waals surface area contributed by atoms with Gasteiger partial charge in [0.1, 0.15) is 0 Å². The number of benzene rings is 1. The Labute approximate surface area is 92.9 Å². The highest BCUT2D eigenvalue weighted by atomic mass is 32.2. The molecule has 0 atom stereocenters. The molecule has 17 heavy (non-hydrogen) atoms. The van der Waals surface area contributed by atoms with Crippen LogP contribution in [0.2, 0.25) is 0 Å². The van der Waals surface area contributed by atoms with Crippen LogP contribution in [0.5, 0.6) is 0 Å². The summed E-state index contributed by atoms with van der Waals surface area (Å²) >= 11 is 0. The quantitative estimate of drug-likeness (QED) is 0.498. The smallest absolute Gasteiger partial charge is 0.399 e. The molecule has 1 rings (SSSR count). The molecule has 1 aromatic carbocycles. The fourth-order valence-electron chi connectivity index (χ4n) is 1.03. The minimum Gasteiger partial charge on any atom is -0.399 e. The molecule has 0 radical (unpaired) electrons. The number of sulfone groups is 1. The van der Waals surface area contributed by atoms with E-state index in [0.29, 0.717) is 12.1 Å². The summed E-state index contributed by atoms with van der Waals surface area (Å²) in [5.41, 5.74) is -1.88. The molecule has 94 valence electrons. The van der Waals surface area contributed by atoms with E-state index in [1.165, 1.54) is 0 Å². The average molecular weight is 270 g/mol. The zero-order valence-electron chi connectivity index (χ0n) is 7.93. The van der Waals surface area contributed by atoms with Crippen molar-refractivity contribution in [1.82, 2.24) is 0 Å². The lowest BCUT2D eigenvalue weighted by molar-refractivity contribution is -0.387. The minimum absolute atomic E-state index is 0.210. The summed E-state index contributed by atoms with van der Waals surface area (Å²) in [5.74, 6) is 0. The number of anilines is 1. The fraction of sp³-hybridized carbons (Fsp3) is 0.143. The molecule has 0 spiro atoms. The van der Waals surface area contributed by atoms with Crippen molar-refractivity contribution in [3.63, 3.8) is 0 Å². The number of alkyl halides is 3. The molecule has 10 heteroatoms. The summed E-state index contributed by atoms with van der Waals surface area (Å²) in [6, 6.07) is 1.85. The zero-order valence-corrected chi connectivity index (χ0v) is 8.75. The molecule has 0 aromatic heterocycles. The summed E-state index contributed by atoms with van der Waals surface area (Å²) in [7, 11) is -5.77. The van der Waals surface area contributed by atoms with Crippen molar-refractivity contribution < 1.29 is 26.5 Å². The maximum atomic E-state index is 12.2. The Kier molecular flexibility index (Phi) is 3.01. The predicted molar refractivity (Wildman–Crippen MR) is 50.7 cm³/mol. The van der Waals surface area contributed by atoms with Gasteiger partial charge in [0.05, 0.1) is 4.92 Å². The van der Waals surface area contributed by atoms with Crippen molar-refractivity contribution >= 4 is 21.2 Å². The van der Waals surface area contributed by atoms with Gasteiger partial charge in [0, 0.05) is 11.8 Å². The molecule has 1 aromatic rings. The molecule has 0 unspecified atom stereocenters. The van der Waals surface area contributed by atoms with Gasteiger partial charge in [-0.2, -0.15) is 13.2 Å². The van der Waals surface area contributed by atoms with E-state index in [1.54, 1.807) is 0 Å². The monoisotopic (exact) mass is 270 g/mol. The van der Waals surface area contributed by atoms with Crippen LogP contribution in [-0.2, 0) is 9.84 Å². The number of nitro benzene ring substituents is 1. The Bertz CT molecular complexity index is 567. The number of halogens is 3. The van der Waals surface area contributed by atoms with Gasteiger partial charge < -0.3 is 5.73 Å². The Balaban J connectivity index is 3.59. The van der Waals surface area contributed by atoms with Gasteiger partial charge in [0.25, 0.3) is 15.5 Å². The van der Waals surface area contributed by atoms with Crippen LogP contribution in [0.3, 0.4) is 0 Å². The maximum absolute atomic E-state index is 12.2. The third-order valence-electron chi connectivity index (χ3n) is 1.77. The van der Waals surface area contributed by atoms with E-state index in [1.807, 2.05) is 0 Å². The van der Waals surface area contributed by atoms with Crippen LogP contribution < -0.4 is 5.73 Å². The highest BCUT2D eigenvalue weighted by Gasteiger charge is 2.49. The van der Waals surface area contributed by atoms with Crippen molar-refractivity contribution in [3.05, 3.63) is 28.3 Å². The number of hydrogen-bond acceptors (Lipinski definition) is 5. The standard InChI is InChI=1S/C7H5F3N2O4S/c8-7(9,10)17(15,16)6-2-1-4(11)3-5(6)12(13)14/h1-3H,11H2. The molecule has 0 fully saturated rings. The molecule has 0 saturated carbocycles. The first-order chi connectivity index (χ1) is 7.57. The average Bonchev–Trinajstić information content (AvgIpc) is 2.15. The van der Waals surface area contributed by atoms with Crippen LogP contribution in [0.15, 0.2) is 23.1 Å². The van der Waals surface area contributed by atoms with Crippen molar-refractivity contribution in [3.8, 4) is 0 Å². The molecule has 0 aliphatic carbocycles. The van der Waals surface area contributed by atoms with Gasteiger partial charge in [-0.25, -0.2) is 8.42 Å². The van der Waals surface area contributed by atoms with Gasteiger partial charge in [0.15, 0.2) is 4.90 Å². The van der Waals surface area contributed by atoms with Crippen LogP contribution in [0, 0.1) is 10.1 Å². The summed E-state index contributed by atoms with van der Waals surface area (Å²) in [6.45, 7) is 0. The summed E-state index contributed by atoms with van der Waals surface area (Å²) in [5, 5.41) is 10.5. The second kappa shape index (κ2) is 3.87. The normalized spacial score (nSPS) is 12.4. The van der Waals surface area contributed by atoms with Crippen molar-refractivity contribution in [2.75, 3.05) is 5.73 Å². The number of nitrogens with two attached hydrogens (primary N) is 1. The lowest BCUT2D eigenvalue weighted by atomic mass is 10.3. The van der Waals surface area contributed by atoms with Crippen molar-refractivity contribution in [2.24, 2.45) is 0 Å². The molecule has 2 N–H and O–H groups in total. The lowest BCUT2D eigenvalue weighted by Gasteiger charge is -2.08. The van der Waals surface area contributed by atoms with Gasteiger partial charge in [-0.3, -0.25) is 10.1 Å².